The van der Waals surface area contributed by atoms with Crippen LogP contribution in [0.5, 0.6) is 0 Å². The maximum absolute atomic E-state index is 11.3. The standard InChI is InChI=1S/C16H27NO7/c1-7(17-8(2)18)9(19)10-11-12(22-15(3,4)21-11)13-14(20-10)24-16(5,6)23-13/h7,9-14,19H,1-6H3,(H,17,18). The molecule has 3 rings (SSSR count). The number of aliphatic hydroxyl groups is 1. The van der Waals surface area contributed by atoms with E-state index in [1.54, 1.807) is 20.8 Å². The van der Waals surface area contributed by atoms with Crippen molar-refractivity contribution in [2.75, 3.05) is 0 Å². The highest BCUT2D eigenvalue weighted by Crippen LogP contribution is 2.44. The number of ether oxygens (including phenoxy) is 5. The van der Waals surface area contributed by atoms with Crippen molar-refractivity contribution in [3.63, 3.8) is 0 Å². The number of fused-ring (bicyclic) bond motifs is 3. The number of rotatable bonds is 3. The van der Waals surface area contributed by atoms with Crippen molar-refractivity contribution in [2.24, 2.45) is 0 Å². The molecule has 138 valence electrons. The summed E-state index contributed by atoms with van der Waals surface area (Å²) in [5.74, 6) is -1.85. The van der Waals surface area contributed by atoms with Crippen LogP contribution in [-0.4, -0.2) is 65.4 Å². The molecule has 3 aliphatic heterocycles. The SMILES string of the molecule is CC(=O)NC(C)C(O)C1OC2OC(C)(C)OC2C2OC(C)(C)OC12. The van der Waals surface area contributed by atoms with Gasteiger partial charge in [-0.2, -0.15) is 0 Å². The van der Waals surface area contributed by atoms with E-state index in [-0.39, 0.29) is 5.91 Å². The molecule has 24 heavy (non-hydrogen) atoms. The zero-order valence-corrected chi connectivity index (χ0v) is 14.9. The van der Waals surface area contributed by atoms with Gasteiger partial charge in [-0.15, -0.1) is 0 Å². The molecule has 3 fully saturated rings. The number of hydrogen-bond acceptors (Lipinski definition) is 7. The third-order valence-corrected chi connectivity index (χ3v) is 4.47. The number of carbonyl (C=O) groups is 1. The third-order valence-electron chi connectivity index (χ3n) is 4.47. The van der Waals surface area contributed by atoms with Crippen LogP contribution in [0.3, 0.4) is 0 Å². The Balaban J connectivity index is 1.83. The fraction of sp³-hybridized carbons (Fsp3) is 0.938. The Labute approximate surface area is 141 Å². The van der Waals surface area contributed by atoms with Gasteiger partial charge in [0.05, 0.1) is 6.04 Å². The van der Waals surface area contributed by atoms with Gasteiger partial charge in [0.2, 0.25) is 5.91 Å². The first kappa shape index (κ1) is 18.0. The van der Waals surface area contributed by atoms with E-state index in [9.17, 15) is 9.90 Å². The smallest absolute Gasteiger partial charge is 0.217 e. The van der Waals surface area contributed by atoms with Crippen LogP contribution >= 0.6 is 0 Å². The maximum Gasteiger partial charge on any atom is 0.217 e. The summed E-state index contributed by atoms with van der Waals surface area (Å²) < 4.78 is 29.6. The molecule has 0 bridgehead atoms. The van der Waals surface area contributed by atoms with Gasteiger partial charge in [0, 0.05) is 6.92 Å². The summed E-state index contributed by atoms with van der Waals surface area (Å²) in [6.07, 6.45) is -3.74. The molecule has 0 saturated carbocycles. The topological polar surface area (TPSA) is 95.5 Å². The lowest BCUT2D eigenvalue weighted by Gasteiger charge is -2.40. The minimum atomic E-state index is -0.979. The van der Waals surface area contributed by atoms with E-state index in [2.05, 4.69) is 5.32 Å². The van der Waals surface area contributed by atoms with E-state index >= 15 is 0 Å². The van der Waals surface area contributed by atoms with Crippen LogP contribution in [0, 0.1) is 0 Å². The van der Waals surface area contributed by atoms with Gasteiger partial charge in [-0.3, -0.25) is 4.79 Å². The van der Waals surface area contributed by atoms with E-state index in [0.717, 1.165) is 0 Å². The Morgan fingerprint density at radius 1 is 1.00 bits per heavy atom. The molecule has 8 nitrogen and oxygen atoms in total. The van der Waals surface area contributed by atoms with Crippen molar-refractivity contribution in [3.8, 4) is 0 Å². The van der Waals surface area contributed by atoms with Crippen LogP contribution in [0.1, 0.15) is 41.5 Å². The highest BCUT2D eigenvalue weighted by molar-refractivity contribution is 5.73. The Morgan fingerprint density at radius 3 is 2.17 bits per heavy atom. The van der Waals surface area contributed by atoms with E-state index in [1.807, 2.05) is 13.8 Å². The number of hydrogen-bond donors (Lipinski definition) is 2. The first-order chi connectivity index (χ1) is 11.0. The first-order valence-corrected chi connectivity index (χ1v) is 8.31. The minimum Gasteiger partial charge on any atom is -0.388 e. The number of amides is 1. The molecule has 0 radical (unpaired) electrons. The number of nitrogens with one attached hydrogen (secondary N) is 1. The fourth-order valence-electron chi connectivity index (χ4n) is 3.61. The monoisotopic (exact) mass is 345 g/mol. The Bertz CT molecular complexity index is 509. The van der Waals surface area contributed by atoms with Crippen molar-refractivity contribution < 1.29 is 33.6 Å². The van der Waals surface area contributed by atoms with Crippen molar-refractivity contribution in [2.45, 2.75) is 96.0 Å². The van der Waals surface area contributed by atoms with Gasteiger partial charge >= 0.3 is 0 Å². The van der Waals surface area contributed by atoms with E-state index < -0.39 is 54.4 Å². The van der Waals surface area contributed by atoms with E-state index in [0.29, 0.717) is 0 Å². The van der Waals surface area contributed by atoms with Gasteiger partial charge in [0.1, 0.15) is 30.5 Å². The Kier molecular flexibility index (Phi) is 4.43. The molecule has 1 amide bonds. The second-order valence-corrected chi connectivity index (χ2v) is 7.61. The van der Waals surface area contributed by atoms with Gasteiger partial charge < -0.3 is 34.1 Å². The third kappa shape index (κ3) is 3.31. The average Bonchev–Trinajstić information content (AvgIpc) is 2.90. The summed E-state index contributed by atoms with van der Waals surface area (Å²) in [7, 11) is 0. The van der Waals surface area contributed by atoms with E-state index in [1.165, 1.54) is 6.92 Å². The quantitative estimate of drug-likeness (QED) is 0.758. The summed E-state index contributed by atoms with van der Waals surface area (Å²) >= 11 is 0. The van der Waals surface area contributed by atoms with Crippen LogP contribution in [0.2, 0.25) is 0 Å². The maximum atomic E-state index is 11.3. The Hall–Kier alpha value is -0.770. The molecule has 0 spiro atoms. The summed E-state index contributed by atoms with van der Waals surface area (Å²) in [6, 6.07) is -0.507. The van der Waals surface area contributed by atoms with Crippen LogP contribution in [0.4, 0.5) is 0 Å². The second kappa shape index (κ2) is 5.89. The first-order valence-electron chi connectivity index (χ1n) is 8.31. The molecule has 3 saturated heterocycles. The average molecular weight is 345 g/mol. The van der Waals surface area contributed by atoms with Crippen LogP contribution < -0.4 is 5.32 Å². The van der Waals surface area contributed by atoms with Crippen molar-refractivity contribution in [1.82, 2.24) is 5.32 Å². The molecule has 3 heterocycles. The molecule has 3 aliphatic rings. The van der Waals surface area contributed by atoms with Gasteiger partial charge in [-0.05, 0) is 34.6 Å². The zero-order chi connectivity index (χ0) is 17.9. The highest BCUT2D eigenvalue weighted by Gasteiger charge is 2.62. The molecule has 0 aromatic carbocycles. The van der Waals surface area contributed by atoms with Gasteiger partial charge in [0.15, 0.2) is 17.9 Å². The molecule has 2 N–H and O–H groups in total. The normalized spacial score (nSPS) is 42.0. The largest absolute Gasteiger partial charge is 0.388 e. The molecular weight excluding hydrogens is 318 g/mol. The molecule has 7 atom stereocenters. The van der Waals surface area contributed by atoms with Gasteiger partial charge in [0.25, 0.3) is 0 Å². The lowest BCUT2D eigenvalue weighted by Crippen LogP contribution is -2.61. The molecule has 0 aromatic heterocycles. The summed E-state index contributed by atoms with van der Waals surface area (Å²) in [5, 5.41) is 13.4. The molecule has 0 aromatic rings. The van der Waals surface area contributed by atoms with Gasteiger partial charge in [-0.1, -0.05) is 0 Å². The van der Waals surface area contributed by atoms with Gasteiger partial charge in [-0.25, -0.2) is 0 Å². The highest BCUT2D eigenvalue weighted by atomic mass is 16.9. The zero-order valence-electron chi connectivity index (χ0n) is 14.9. The predicted octanol–water partition coefficient (Wildman–Crippen LogP) is 0.268. The molecule has 7 unspecified atom stereocenters. The molecule has 0 aliphatic carbocycles. The molecular formula is C16H27NO7. The van der Waals surface area contributed by atoms with E-state index in [4.69, 9.17) is 23.7 Å². The fourth-order valence-corrected chi connectivity index (χ4v) is 3.61. The summed E-state index contributed by atoms with van der Waals surface area (Å²) in [6.45, 7) is 10.3. The summed E-state index contributed by atoms with van der Waals surface area (Å²) in [5.41, 5.74) is 0. The lowest BCUT2D eigenvalue weighted by atomic mass is 9.92. The number of aliphatic hydroxyl groups excluding tert-OH is 1. The number of carbonyl (C=O) groups excluding carboxylic acids is 1. The summed E-state index contributed by atoms with van der Waals surface area (Å²) in [4.78, 5) is 11.3. The predicted molar refractivity (Wildman–Crippen MR) is 81.8 cm³/mol. The van der Waals surface area contributed by atoms with Crippen LogP contribution in [0.25, 0.3) is 0 Å². The van der Waals surface area contributed by atoms with Crippen molar-refractivity contribution in [1.29, 1.82) is 0 Å². The molecule has 8 heteroatoms. The van der Waals surface area contributed by atoms with Crippen LogP contribution in [0.15, 0.2) is 0 Å². The van der Waals surface area contributed by atoms with Crippen molar-refractivity contribution >= 4 is 5.91 Å². The minimum absolute atomic E-state index is 0.225. The second-order valence-electron chi connectivity index (χ2n) is 7.61. The lowest BCUT2D eigenvalue weighted by molar-refractivity contribution is -0.254. The van der Waals surface area contributed by atoms with Crippen molar-refractivity contribution in [3.05, 3.63) is 0 Å². The van der Waals surface area contributed by atoms with Crippen LogP contribution in [-0.2, 0) is 28.5 Å². The Morgan fingerprint density at radius 2 is 1.54 bits per heavy atom.